The molecule has 2 heterocycles. The van der Waals surface area contributed by atoms with Gasteiger partial charge in [-0.2, -0.15) is 0 Å². The van der Waals surface area contributed by atoms with Gasteiger partial charge in [0.15, 0.2) is 5.82 Å². The molecular formula is C19H18BrN5O. The highest BCUT2D eigenvalue weighted by Gasteiger charge is 2.16. The number of fused-ring (bicyclic) bond motifs is 1. The summed E-state index contributed by atoms with van der Waals surface area (Å²) in [5, 5.41) is 14.3. The molecule has 2 aromatic carbocycles. The van der Waals surface area contributed by atoms with E-state index in [4.69, 9.17) is 0 Å². The number of urea groups is 1. The summed E-state index contributed by atoms with van der Waals surface area (Å²) in [7, 11) is 0. The van der Waals surface area contributed by atoms with Crippen LogP contribution in [-0.2, 0) is 13.0 Å². The fourth-order valence-corrected chi connectivity index (χ4v) is 3.46. The molecule has 3 aromatic rings. The van der Waals surface area contributed by atoms with Crippen molar-refractivity contribution in [2.45, 2.75) is 25.8 Å². The second kappa shape index (κ2) is 7.29. The van der Waals surface area contributed by atoms with Gasteiger partial charge in [-0.3, -0.25) is 0 Å². The zero-order valence-corrected chi connectivity index (χ0v) is 15.7. The van der Waals surface area contributed by atoms with Crippen LogP contribution in [0, 0.1) is 0 Å². The minimum atomic E-state index is -0.287. The minimum absolute atomic E-state index is 0.287. The van der Waals surface area contributed by atoms with Crippen LogP contribution in [0.2, 0.25) is 0 Å². The van der Waals surface area contributed by atoms with E-state index >= 15 is 0 Å². The van der Waals surface area contributed by atoms with Crippen LogP contribution >= 0.6 is 15.9 Å². The molecule has 0 radical (unpaired) electrons. The third kappa shape index (κ3) is 3.48. The van der Waals surface area contributed by atoms with E-state index in [1.807, 2.05) is 48.5 Å². The van der Waals surface area contributed by atoms with Crippen molar-refractivity contribution in [3.8, 4) is 11.4 Å². The first-order chi connectivity index (χ1) is 12.7. The van der Waals surface area contributed by atoms with E-state index in [1.165, 1.54) is 6.42 Å². The number of nitrogens with zero attached hydrogens (tertiary/aromatic N) is 3. The number of nitrogens with one attached hydrogen (secondary N) is 2. The highest BCUT2D eigenvalue weighted by atomic mass is 79.9. The Bertz CT molecular complexity index is 935. The van der Waals surface area contributed by atoms with Crippen molar-refractivity contribution in [2.24, 2.45) is 0 Å². The molecule has 0 spiro atoms. The summed E-state index contributed by atoms with van der Waals surface area (Å²) in [5.41, 5.74) is 2.44. The summed E-state index contributed by atoms with van der Waals surface area (Å²) in [5.74, 6) is 1.95. The SMILES string of the molecule is O=C(Nc1ccc(-c2nnc3n2CCCC3)cc1)Nc1ccccc1Br. The maximum absolute atomic E-state index is 12.2. The van der Waals surface area contributed by atoms with E-state index in [0.717, 1.165) is 52.4 Å². The molecule has 0 bridgehead atoms. The average molecular weight is 412 g/mol. The molecule has 0 unspecified atom stereocenters. The highest BCUT2D eigenvalue weighted by molar-refractivity contribution is 9.10. The summed E-state index contributed by atoms with van der Waals surface area (Å²) in [6.07, 6.45) is 3.32. The molecule has 6 nitrogen and oxygen atoms in total. The van der Waals surface area contributed by atoms with Crippen molar-refractivity contribution in [3.63, 3.8) is 0 Å². The monoisotopic (exact) mass is 411 g/mol. The summed E-state index contributed by atoms with van der Waals surface area (Å²) >= 11 is 3.41. The van der Waals surface area contributed by atoms with Crippen LogP contribution < -0.4 is 10.6 Å². The van der Waals surface area contributed by atoms with Gasteiger partial charge in [-0.1, -0.05) is 12.1 Å². The number of carbonyl (C=O) groups is 1. The number of halogens is 1. The number of para-hydroxylation sites is 1. The Kier molecular flexibility index (Phi) is 4.71. The van der Waals surface area contributed by atoms with E-state index in [1.54, 1.807) is 0 Å². The third-order valence-corrected chi connectivity index (χ3v) is 5.07. The predicted molar refractivity (Wildman–Crippen MR) is 105 cm³/mol. The fourth-order valence-electron chi connectivity index (χ4n) is 3.07. The quantitative estimate of drug-likeness (QED) is 0.656. The topological polar surface area (TPSA) is 71.8 Å². The number of hydrogen-bond acceptors (Lipinski definition) is 3. The lowest BCUT2D eigenvalue weighted by molar-refractivity contribution is 0.262. The molecule has 0 saturated heterocycles. The number of carbonyl (C=O) groups excluding carboxylic acids is 1. The number of rotatable bonds is 3. The van der Waals surface area contributed by atoms with Crippen molar-refractivity contribution >= 4 is 33.3 Å². The largest absolute Gasteiger partial charge is 0.323 e. The van der Waals surface area contributed by atoms with Crippen molar-refractivity contribution in [2.75, 3.05) is 10.6 Å². The smallest absolute Gasteiger partial charge is 0.311 e. The van der Waals surface area contributed by atoms with E-state index in [9.17, 15) is 4.79 Å². The third-order valence-electron chi connectivity index (χ3n) is 4.38. The molecule has 26 heavy (non-hydrogen) atoms. The molecule has 2 N–H and O–H groups in total. The van der Waals surface area contributed by atoms with Gasteiger partial charge in [0.1, 0.15) is 5.82 Å². The molecule has 1 aliphatic rings. The van der Waals surface area contributed by atoms with Crippen LogP contribution in [0.5, 0.6) is 0 Å². The lowest BCUT2D eigenvalue weighted by atomic mass is 10.1. The van der Waals surface area contributed by atoms with E-state index in [2.05, 4.69) is 41.3 Å². The summed E-state index contributed by atoms with van der Waals surface area (Å²) in [6.45, 7) is 0.964. The zero-order valence-electron chi connectivity index (χ0n) is 14.1. The Morgan fingerprint density at radius 2 is 1.81 bits per heavy atom. The molecule has 0 saturated carbocycles. The van der Waals surface area contributed by atoms with Gasteiger partial charge in [0.05, 0.1) is 5.69 Å². The minimum Gasteiger partial charge on any atom is -0.311 e. The summed E-state index contributed by atoms with van der Waals surface area (Å²) in [6, 6.07) is 14.9. The lowest BCUT2D eigenvalue weighted by Crippen LogP contribution is -2.19. The Hall–Kier alpha value is -2.67. The first-order valence-electron chi connectivity index (χ1n) is 8.56. The number of anilines is 2. The highest BCUT2D eigenvalue weighted by Crippen LogP contribution is 2.25. The van der Waals surface area contributed by atoms with Crippen LogP contribution in [0.25, 0.3) is 11.4 Å². The molecule has 2 amide bonds. The van der Waals surface area contributed by atoms with Gasteiger partial charge in [0, 0.05) is 28.7 Å². The van der Waals surface area contributed by atoms with Crippen LogP contribution in [-0.4, -0.2) is 20.8 Å². The van der Waals surface area contributed by atoms with Crippen molar-refractivity contribution in [1.82, 2.24) is 14.8 Å². The Morgan fingerprint density at radius 3 is 2.62 bits per heavy atom. The average Bonchev–Trinajstić information content (AvgIpc) is 3.08. The maximum atomic E-state index is 12.2. The predicted octanol–water partition coefficient (Wildman–Crippen LogP) is 4.69. The van der Waals surface area contributed by atoms with Gasteiger partial charge >= 0.3 is 6.03 Å². The maximum Gasteiger partial charge on any atom is 0.323 e. The van der Waals surface area contributed by atoms with Gasteiger partial charge in [0.25, 0.3) is 0 Å². The standard InChI is InChI=1S/C19H18BrN5O/c20-15-5-1-2-6-16(15)22-19(26)21-14-10-8-13(9-11-14)18-24-23-17-7-3-4-12-25(17)18/h1-2,5-6,8-11H,3-4,7,12H2,(H2,21,22,26). The molecule has 1 aliphatic heterocycles. The van der Waals surface area contributed by atoms with Gasteiger partial charge < -0.3 is 15.2 Å². The number of amides is 2. The first-order valence-corrected chi connectivity index (χ1v) is 9.35. The van der Waals surface area contributed by atoms with Crippen LogP contribution in [0.3, 0.4) is 0 Å². The summed E-state index contributed by atoms with van der Waals surface area (Å²) in [4.78, 5) is 12.2. The van der Waals surface area contributed by atoms with E-state index in [0.29, 0.717) is 0 Å². The molecule has 4 rings (SSSR count). The zero-order chi connectivity index (χ0) is 17.9. The van der Waals surface area contributed by atoms with Crippen molar-refractivity contribution < 1.29 is 4.79 Å². The Morgan fingerprint density at radius 1 is 1.00 bits per heavy atom. The van der Waals surface area contributed by atoms with Crippen LogP contribution in [0.4, 0.5) is 16.2 Å². The van der Waals surface area contributed by atoms with Crippen molar-refractivity contribution in [1.29, 1.82) is 0 Å². The first kappa shape index (κ1) is 16.8. The molecular weight excluding hydrogens is 394 g/mol. The second-order valence-electron chi connectivity index (χ2n) is 6.18. The molecule has 0 fully saturated rings. The molecule has 7 heteroatoms. The Balaban J connectivity index is 1.46. The second-order valence-corrected chi connectivity index (χ2v) is 7.04. The number of aromatic nitrogens is 3. The molecule has 132 valence electrons. The van der Waals surface area contributed by atoms with E-state index in [-0.39, 0.29) is 6.03 Å². The van der Waals surface area contributed by atoms with Crippen molar-refractivity contribution in [3.05, 3.63) is 58.8 Å². The van der Waals surface area contributed by atoms with Crippen LogP contribution in [0.15, 0.2) is 53.0 Å². The van der Waals surface area contributed by atoms with Crippen LogP contribution in [0.1, 0.15) is 18.7 Å². The number of aryl methyl sites for hydroxylation is 1. The van der Waals surface area contributed by atoms with Gasteiger partial charge in [-0.25, -0.2) is 4.79 Å². The fraction of sp³-hybridized carbons (Fsp3) is 0.211. The number of hydrogen-bond donors (Lipinski definition) is 2. The molecule has 1 aromatic heterocycles. The lowest BCUT2D eigenvalue weighted by Gasteiger charge is -2.15. The molecule has 0 atom stereocenters. The van der Waals surface area contributed by atoms with Gasteiger partial charge in [0.2, 0.25) is 0 Å². The normalized spacial score (nSPS) is 13.1. The van der Waals surface area contributed by atoms with Gasteiger partial charge in [-0.15, -0.1) is 10.2 Å². The number of benzene rings is 2. The van der Waals surface area contributed by atoms with E-state index < -0.39 is 0 Å². The van der Waals surface area contributed by atoms with Gasteiger partial charge in [-0.05, 0) is 65.2 Å². The Labute approximate surface area is 159 Å². The summed E-state index contributed by atoms with van der Waals surface area (Å²) < 4.78 is 3.02. The molecule has 0 aliphatic carbocycles.